The van der Waals surface area contributed by atoms with E-state index < -0.39 is 0 Å². The number of allylic oxidation sites excluding steroid dienone is 4. The second kappa shape index (κ2) is 8.52. The van der Waals surface area contributed by atoms with E-state index in [0.29, 0.717) is 12.2 Å². The quantitative estimate of drug-likeness (QED) is 0.273. The smallest absolute Gasteiger partial charge is 0.258 e. The van der Waals surface area contributed by atoms with Crippen LogP contribution in [0.3, 0.4) is 0 Å². The Morgan fingerprint density at radius 3 is 2.96 bits per heavy atom. The van der Waals surface area contributed by atoms with Gasteiger partial charge in [0.15, 0.2) is 11.5 Å². The predicted octanol–water partition coefficient (Wildman–Crippen LogP) is 1.83. The van der Waals surface area contributed by atoms with Crippen LogP contribution in [-0.2, 0) is 4.74 Å². The van der Waals surface area contributed by atoms with E-state index in [1.54, 1.807) is 6.08 Å². The molecule has 0 aromatic carbocycles. The van der Waals surface area contributed by atoms with Crippen molar-refractivity contribution >= 4 is 17.4 Å². The lowest BCUT2D eigenvalue weighted by atomic mass is 10.1. The van der Waals surface area contributed by atoms with Gasteiger partial charge < -0.3 is 20.8 Å². The standard InChI is InChI=1S/C17H22N6O/c1-4-6-7-8-13(5-2)12-23-10-9-19-16-15(23)11-14(21-22-16)17(20-18)24-3/h4-8,11H,1-2,9-10,12,18H2,3H3,(H,19,22)/b7-6-,13-8+,20-17-. The summed E-state index contributed by atoms with van der Waals surface area (Å²) >= 11 is 0. The summed E-state index contributed by atoms with van der Waals surface area (Å²) in [5.41, 5.74) is 2.49. The second-order valence-electron chi connectivity index (χ2n) is 5.02. The number of rotatable bonds is 6. The van der Waals surface area contributed by atoms with Crippen LogP contribution in [0, 0.1) is 0 Å². The van der Waals surface area contributed by atoms with Gasteiger partial charge in [-0.1, -0.05) is 43.5 Å². The third-order valence-electron chi connectivity index (χ3n) is 3.51. The van der Waals surface area contributed by atoms with Gasteiger partial charge in [-0.25, -0.2) is 0 Å². The molecule has 0 aliphatic carbocycles. The average Bonchev–Trinajstić information content (AvgIpc) is 2.62. The van der Waals surface area contributed by atoms with Gasteiger partial charge in [-0.05, 0) is 11.6 Å². The first kappa shape index (κ1) is 17.3. The summed E-state index contributed by atoms with van der Waals surface area (Å²) in [6.45, 7) is 9.86. The van der Waals surface area contributed by atoms with Gasteiger partial charge in [0.1, 0.15) is 0 Å². The number of anilines is 2. The summed E-state index contributed by atoms with van der Waals surface area (Å²) in [6.07, 6.45) is 9.40. The minimum Gasteiger partial charge on any atom is -0.478 e. The van der Waals surface area contributed by atoms with Crippen molar-refractivity contribution in [1.29, 1.82) is 0 Å². The average molecular weight is 326 g/mol. The second-order valence-corrected chi connectivity index (χ2v) is 5.02. The van der Waals surface area contributed by atoms with Crippen LogP contribution in [0.4, 0.5) is 11.5 Å². The van der Waals surface area contributed by atoms with Crippen molar-refractivity contribution in [3.05, 3.63) is 60.9 Å². The van der Waals surface area contributed by atoms with Gasteiger partial charge in [0.2, 0.25) is 0 Å². The molecule has 0 saturated carbocycles. The first-order valence-corrected chi connectivity index (χ1v) is 7.53. The molecule has 0 amide bonds. The molecule has 7 nitrogen and oxygen atoms in total. The Balaban J connectivity index is 2.30. The molecule has 1 aliphatic rings. The molecule has 0 radical (unpaired) electrons. The van der Waals surface area contributed by atoms with Crippen molar-refractivity contribution in [2.45, 2.75) is 0 Å². The summed E-state index contributed by atoms with van der Waals surface area (Å²) in [7, 11) is 1.49. The van der Waals surface area contributed by atoms with E-state index in [1.165, 1.54) is 7.11 Å². The van der Waals surface area contributed by atoms with Gasteiger partial charge in [0, 0.05) is 19.6 Å². The summed E-state index contributed by atoms with van der Waals surface area (Å²) in [4.78, 5) is 2.20. The number of methoxy groups -OCH3 is 1. The van der Waals surface area contributed by atoms with Crippen molar-refractivity contribution in [3.63, 3.8) is 0 Å². The zero-order chi connectivity index (χ0) is 17.4. The van der Waals surface area contributed by atoms with Crippen LogP contribution < -0.4 is 16.1 Å². The number of hydrogen-bond donors (Lipinski definition) is 2. The highest BCUT2D eigenvalue weighted by molar-refractivity contribution is 5.93. The third kappa shape index (κ3) is 4.01. The molecule has 2 heterocycles. The molecule has 0 bridgehead atoms. The molecule has 1 aliphatic heterocycles. The molecule has 0 unspecified atom stereocenters. The number of ether oxygens (including phenoxy) is 1. The summed E-state index contributed by atoms with van der Waals surface area (Å²) in [5.74, 6) is 6.29. The zero-order valence-electron chi connectivity index (χ0n) is 13.8. The number of hydrogen-bond acceptors (Lipinski definition) is 7. The Kier molecular flexibility index (Phi) is 6.13. The van der Waals surface area contributed by atoms with Crippen LogP contribution in [0.2, 0.25) is 0 Å². The molecule has 0 atom stereocenters. The van der Waals surface area contributed by atoms with Crippen LogP contribution in [0.1, 0.15) is 5.69 Å². The van der Waals surface area contributed by atoms with E-state index in [4.69, 9.17) is 10.6 Å². The predicted molar refractivity (Wildman–Crippen MR) is 98.1 cm³/mol. The van der Waals surface area contributed by atoms with Gasteiger partial charge in [-0.2, -0.15) is 0 Å². The number of hydrazone groups is 1. The number of nitrogens with zero attached hydrogens (tertiary/aromatic N) is 4. The maximum absolute atomic E-state index is 5.32. The lowest BCUT2D eigenvalue weighted by molar-refractivity contribution is 0.400. The van der Waals surface area contributed by atoms with Crippen LogP contribution in [0.15, 0.2) is 60.3 Å². The third-order valence-corrected chi connectivity index (χ3v) is 3.51. The van der Waals surface area contributed by atoms with E-state index in [0.717, 1.165) is 30.2 Å². The van der Waals surface area contributed by atoms with Gasteiger partial charge in [-0.3, -0.25) is 0 Å². The van der Waals surface area contributed by atoms with Gasteiger partial charge >= 0.3 is 0 Å². The molecule has 1 aromatic rings. The number of nitrogens with two attached hydrogens (primary N) is 1. The highest BCUT2D eigenvalue weighted by Gasteiger charge is 2.21. The Labute approximate surface area is 141 Å². The monoisotopic (exact) mass is 326 g/mol. The van der Waals surface area contributed by atoms with Crippen molar-refractivity contribution in [1.82, 2.24) is 10.2 Å². The SMILES string of the molecule is C=C/C=C\C=C(/C=C)CN1CCNc2nnc(/C(=N/N)OC)cc21. The lowest BCUT2D eigenvalue weighted by Gasteiger charge is -2.31. The van der Waals surface area contributed by atoms with Crippen LogP contribution in [-0.4, -0.2) is 42.8 Å². The molecule has 24 heavy (non-hydrogen) atoms. The molecule has 3 N–H and O–H groups in total. The van der Waals surface area contributed by atoms with Crippen LogP contribution in [0.25, 0.3) is 0 Å². The van der Waals surface area contributed by atoms with Crippen LogP contribution >= 0.6 is 0 Å². The fourth-order valence-electron chi connectivity index (χ4n) is 2.33. The largest absolute Gasteiger partial charge is 0.478 e. The number of aromatic nitrogens is 2. The van der Waals surface area contributed by atoms with Gasteiger partial charge in [0.05, 0.1) is 12.8 Å². The molecule has 7 heteroatoms. The number of fused-ring (bicyclic) bond motifs is 1. The van der Waals surface area contributed by atoms with Crippen molar-refractivity contribution < 1.29 is 4.74 Å². The van der Waals surface area contributed by atoms with Crippen molar-refractivity contribution in [2.75, 3.05) is 37.0 Å². The molecule has 1 aromatic heterocycles. The molecule has 126 valence electrons. The fraction of sp³-hybridized carbons (Fsp3) is 0.235. The highest BCUT2D eigenvalue weighted by atomic mass is 16.5. The molecule has 0 saturated heterocycles. The van der Waals surface area contributed by atoms with Crippen molar-refractivity contribution in [2.24, 2.45) is 10.9 Å². The highest BCUT2D eigenvalue weighted by Crippen LogP contribution is 2.27. The Bertz CT molecular complexity index is 692. The Hall–Kier alpha value is -3.09. The van der Waals surface area contributed by atoms with Gasteiger partial charge in [-0.15, -0.1) is 15.3 Å². The maximum atomic E-state index is 5.32. The normalized spacial score (nSPS) is 15.0. The molecular formula is C17H22N6O. The summed E-state index contributed by atoms with van der Waals surface area (Å²) < 4.78 is 5.12. The summed E-state index contributed by atoms with van der Waals surface area (Å²) in [5, 5.41) is 15.1. The van der Waals surface area contributed by atoms with Crippen LogP contribution in [0.5, 0.6) is 0 Å². The topological polar surface area (TPSA) is 88.7 Å². The zero-order valence-corrected chi connectivity index (χ0v) is 13.8. The van der Waals surface area contributed by atoms with E-state index in [2.05, 4.69) is 38.7 Å². The first-order valence-electron chi connectivity index (χ1n) is 7.53. The number of nitrogens with one attached hydrogen (secondary N) is 1. The molecular weight excluding hydrogens is 304 g/mol. The minimum atomic E-state index is 0.240. The Morgan fingerprint density at radius 2 is 2.29 bits per heavy atom. The first-order chi connectivity index (χ1) is 11.7. The fourth-order valence-corrected chi connectivity index (χ4v) is 2.33. The molecule has 0 fully saturated rings. The summed E-state index contributed by atoms with van der Waals surface area (Å²) in [6, 6.07) is 1.87. The van der Waals surface area contributed by atoms with E-state index in [1.807, 2.05) is 30.4 Å². The maximum Gasteiger partial charge on any atom is 0.258 e. The molecule has 0 spiro atoms. The van der Waals surface area contributed by atoms with E-state index in [-0.39, 0.29) is 5.90 Å². The van der Waals surface area contributed by atoms with E-state index in [9.17, 15) is 0 Å². The van der Waals surface area contributed by atoms with E-state index >= 15 is 0 Å². The minimum absolute atomic E-state index is 0.240. The lowest BCUT2D eigenvalue weighted by Crippen LogP contribution is -2.36. The van der Waals surface area contributed by atoms with Crippen molar-refractivity contribution in [3.8, 4) is 0 Å². The molecule has 2 rings (SSSR count). The Morgan fingerprint density at radius 1 is 1.46 bits per heavy atom. The van der Waals surface area contributed by atoms with Gasteiger partial charge in [0.25, 0.3) is 5.90 Å².